The van der Waals surface area contributed by atoms with Gasteiger partial charge in [0.1, 0.15) is 12.3 Å². The Hall–Kier alpha value is -4.10. The van der Waals surface area contributed by atoms with Crippen LogP contribution in [0.4, 0.5) is 5.69 Å². The molecule has 0 aromatic heterocycles. The van der Waals surface area contributed by atoms with Crippen molar-refractivity contribution < 1.29 is 17.9 Å². The molecule has 4 aromatic rings. The first kappa shape index (κ1) is 26.0. The van der Waals surface area contributed by atoms with Gasteiger partial charge >= 0.3 is 0 Å². The fourth-order valence-corrected chi connectivity index (χ4v) is 5.43. The minimum Gasteiger partial charge on any atom is -0.494 e. The van der Waals surface area contributed by atoms with Crippen LogP contribution >= 0.6 is 0 Å². The van der Waals surface area contributed by atoms with Crippen LogP contribution in [0.5, 0.6) is 5.75 Å². The number of nitrogens with zero attached hydrogens (tertiary/aromatic N) is 1. The molecule has 0 aliphatic carbocycles. The van der Waals surface area contributed by atoms with E-state index >= 15 is 0 Å². The lowest BCUT2D eigenvalue weighted by atomic mass is 9.98. The maximum absolute atomic E-state index is 13.7. The zero-order valence-corrected chi connectivity index (χ0v) is 21.7. The van der Waals surface area contributed by atoms with Gasteiger partial charge < -0.3 is 10.1 Å². The molecule has 0 radical (unpaired) electrons. The largest absolute Gasteiger partial charge is 0.494 e. The average Bonchev–Trinajstić information content (AvgIpc) is 2.92. The number of ether oxygens (including phenoxy) is 1. The van der Waals surface area contributed by atoms with Crippen molar-refractivity contribution in [3.63, 3.8) is 0 Å². The average molecular weight is 515 g/mol. The first-order valence-electron chi connectivity index (χ1n) is 12.1. The molecule has 0 aliphatic heterocycles. The molecule has 1 N–H and O–H groups in total. The Morgan fingerprint density at radius 3 is 1.97 bits per heavy atom. The number of hydrogen-bond acceptors (Lipinski definition) is 4. The number of para-hydroxylation sites is 1. The second-order valence-corrected chi connectivity index (χ2v) is 10.4. The van der Waals surface area contributed by atoms with E-state index in [1.165, 1.54) is 12.1 Å². The van der Waals surface area contributed by atoms with Crippen molar-refractivity contribution in [2.45, 2.75) is 24.8 Å². The molecule has 1 unspecified atom stereocenters. The van der Waals surface area contributed by atoms with Crippen LogP contribution in [0.2, 0.25) is 0 Å². The molecular weight excluding hydrogens is 484 g/mol. The number of rotatable bonds is 10. The third-order valence-electron chi connectivity index (χ3n) is 5.90. The van der Waals surface area contributed by atoms with E-state index in [1.54, 1.807) is 42.5 Å². The Morgan fingerprint density at radius 2 is 1.38 bits per heavy atom. The van der Waals surface area contributed by atoms with Crippen LogP contribution < -0.4 is 14.4 Å². The monoisotopic (exact) mass is 514 g/mol. The lowest BCUT2D eigenvalue weighted by Gasteiger charge is -2.26. The van der Waals surface area contributed by atoms with Gasteiger partial charge in [0.2, 0.25) is 5.91 Å². The van der Waals surface area contributed by atoms with Crippen LogP contribution in [0.25, 0.3) is 0 Å². The first-order valence-corrected chi connectivity index (χ1v) is 13.5. The summed E-state index contributed by atoms with van der Waals surface area (Å²) in [6.07, 6.45) is 0. The standard InChI is InChI=1S/C30H30N2O4S/c1-3-36-27-18-20-28(21-19-27)37(34,35)32(26-12-8-5-9-13-26)22-29(33)31-30(24-10-6-4-7-11-24)25-16-14-23(2)15-17-25/h4-21,30H,3,22H2,1-2H3,(H,31,33). The van der Waals surface area contributed by atoms with Gasteiger partial charge in [0.15, 0.2) is 0 Å². The molecule has 0 heterocycles. The zero-order valence-electron chi connectivity index (χ0n) is 20.9. The highest BCUT2D eigenvalue weighted by atomic mass is 32.2. The van der Waals surface area contributed by atoms with Gasteiger partial charge in [-0.25, -0.2) is 8.42 Å². The second kappa shape index (κ2) is 11.8. The number of amides is 1. The van der Waals surface area contributed by atoms with E-state index in [-0.39, 0.29) is 11.4 Å². The van der Waals surface area contributed by atoms with Crippen molar-refractivity contribution in [1.29, 1.82) is 0 Å². The van der Waals surface area contributed by atoms with Crippen LogP contribution in [-0.2, 0) is 14.8 Å². The van der Waals surface area contributed by atoms with E-state index < -0.39 is 22.0 Å². The summed E-state index contributed by atoms with van der Waals surface area (Å²) in [5.41, 5.74) is 3.32. The van der Waals surface area contributed by atoms with E-state index in [2.05, 4.69) is 5.32 Å². The number of carbonyl (C=O) groups is 1. The number of aryl methyl sites for hydroxylation is 1. The Labute approximate surface area is 218 Å². The minimum atomic E-state index is -4.03. The number of hydrogen-bond donors (Lipinski definition) is 1. The SMILES string of the molecule is CCOc1ccc(S(=O)(=O)N(CC(=O)NC(c2ccccc2)c2ccc(C)cc2)c2ccccc2)cc1. The van der Waals surface area contributed by atoms with Gasteiger partial charge in [0, 0.05) is 0 Å². The van der Waals surface area contributed by atoms with E-state index in [1.807, 2.05) is 68.4 Å². The molecule has 190 valence electrons. The summed E-state index contributed by atoms with van der Waals surface area (Å²) in [5, 5.41) is 3.05. The molecule has 0 fully saturated rings. The molecule has 4 rings (SSSR count). The smallest absolute Gasteiger partial charge is 0.264 e. The van der Waals surface area contributed by atoms with E-state index in [9.17, 15) is 13.2 Å². The predicted octanol–water partition coefficient (Wildman–Crippen LogP) is 5.49. The van der Waals surface area contributed by atoms with Crippen LogP contribution in [0, 0.1) is 6.92 Å². The third kappa shape index (κ3) is 6.37. The Balaban J connectivity index is 1.64. The highest BCUT2D eigenvalue weighted by Gasteiger charge is 2.28. The summed E-state index contributed by atoms with van der Waals surface area (Å²) >= 11 is 0. The Kier molecular flexibility index (Phi) is 8.25. The summed E-state index contributed by atoms with van der Waals surface area (Å²) in [7, 11) is -4.03. The molecule has 1 amide bonds. The number of sulfonamides is 1. The van der Waals surface area contributed by atoms with Gasteiger partial charge in [0.25, 0.3) is 10.0 Å². The molecule has 0 saturated carbocycles. The number of anilines is 1. The van der Waals surface area contributed by atoms with Crippen molar-refractivity contribution >= 4 is 21.6 Å². The maximum Gasteiger partial charge on any atom is 0.264 e. The molecule has 7 heteroatoms. The lowest BCUT2D eigenvalue weighted by Crippen LogP contribution is -2.42. The molecule has 0 saturated heterocycles. The van der Waals surface area contributed by atoms with Gasteiger partial charge in [-0.2, -0.15) is 0 Å². The molecule has 0 aliphatic rings. The number of benzene rings is 4. The second-order valence-electron chi connectivity index (χ2n) is 8.57. The first-order chi connectivity index (χ1) is 17.9. The van der Waals surface area contributed by atoms with Gasteiger partial charge in [-0.1, -0.05) is 78.4 Å². The van der Waals surface area contributed by atoms with E-state index in [0.29, 0.717) is 18.0 Å². The highest BCUT2D eigenvalue weighted by molar-refractivity contribution is 7.92. The van der Waals surface area contributed by atoms with Gasteiger partial charge in [-0.3, -0.25) is 9.10 Å². The van der Waals surface area contributed by atoms with Crippen molar-refractivity contribution in [1.82, 2.24) is 5.32 Å². The zero-order chi connectivity index (χ0) is 26.3. The van der Waals surface area contributed by atoms with Crippen LogP contribution in [0.3, 0.4) is 0 Å². The summed E-state index contributed by atoms with van der Waals surface area (Å²) in [5.74, 6) is 0.155. The number of carbonyl (C=O) groups excluding carboxylic acids is 1. The van der Waals surface area contributed by atoms with Crippen molar-refractivity contribution in [2.75, 3.05) is 17.5 Å². The van der Waals surface area contributed by atoms with Gasteiger partial charge in [-0.15, -0.1) is 0 Å². The fourth-order valence-electron chi connectivity index (χ4n) is 4.01. The minimum absolute atomic E-state index is 0.0748. The third-order valence-corrected chi connectivity index (χ3v) is 7.69. The molecule has 0 spiro atoms. The molecular formula is C30H30N2O4S. The van der Waals surface area contributed by atoms with Crippen molar-refractivity contribution in [3.8, 4) is 5.75 Å². The topological polar surface area (TPSA) is 75.7 Å². The molecule has 37 heavy (non-hydrogen) atoms. The highest BCUT2D eigenvalue weighted by Crippen LogP contribution is 2.26. The van der Waals surface area contributed by atoms with Gasteiger partial charge in [-0.05, 0) is 61.4 Å². The fraction of sp³-hybridized carbons (Fsp3) is 0.167. The quantitative estimate of drug-likeness (QED) is 0.303. The summed E-state index contributed by atoms with van der Waals surface area (Å²) < 4.78 is 34.0. The lowest BCUT2D eigenvalue weighted by molar-refractivity contribution is -0.120. The molecule has 4 aromatic carbocycles. The molecule has 0 bridgehead atoms. The Morgan fingerprint density at radius 1 is 0.811 bits per heavy atom. The molecule has 1 atom stereocenters. The summed E-state index contributed by atoms with van der Waals surface area (Å²) in [6.45, 7) is 3.96. The molecule has 6 nitrogen and oxygen atoms in total. The maximum atomic E-state index is 13.7. The normalized spacial score (nSPS) is 11.9. The van der Waals surface area contributed by atoms with E-state index in [0.717, 1.165) is 21.0 Å². The summed E-state index contributed by atoms with van der Waals surface area (Å²) in [4.78, 5) is 13.5. The number of nitrogens with one attached hydrogen (secondary N) is 1. The van der Waals surface area contributed by atoms with E-state index in [4.69, 9.17) is 4.74 Å². The van der Waals surface area contributed by atoms with Crippen molar-refractivity contribution in [3.05, 3.63) is 126 Å². The van der Waals surface area contributed by atoms with Crippen molar-refractivity contribution in [2.24, 2.45) is 0 Å². The van der Waals surface area contributed by atoms with Gasteiger partial charge in [0.05, 0.1) is 23.2 Å². The van der Waals surface area contributed by atoms with Crippen LogP contribution in [-0.4, -0.2) is 27.5 Å². The Bertz CT molecular complexity index is 1410. The van der Waals surface area contributed by atoms with Crippen LogP contribution in [0.15, 0.2) is 114 Å². The van der Waals surface area contributed by atoms with Crippen LogP contribution in [0.1, 0.15) is 29.7 Å². The summed E-state index contributed by atoms with van der Waals surface area (Å²) in [6, 6.07) is 32.0. The predicted molar refractivity (Wildman–Crippen MR) is 146 cm³/mol.